The minimum atomic E-state index is 0.0177. The third kappa shape index (κ3) is 6.89. The van der Waals surface area contributed by atoms with Crippen molar-refractivity contribution >= 4 is 5.91 Å². The lowest BCUT2D eigenvalue weighted by atomic mass is 10.3. The molecule has 0 fully saturated rings. The van der Waals surface area contributed by atoms with Crippen LogP contribution in [-0.4, -0.2) is 50.7 Å². The van der Waals surface area contributed by atoms with Crippen molar-refractivity contribution in [2.75, 3.05) is 39.9 Å². The van der Waals surface area contributed by atoms with E-state index in [-0.39, 0.29) is 5.91 Å². The zero-order valence-corrected chi connectivity index (χ0v) is 9.45. The van der Waals surface area contributed by atoms with Crippen molar-refractivity contribution in [2.45, 2.75) is 13.3 Å². The Morgan fingerprint density at radius 3 is 2.80 bits per heavy atom. The molecular formula is C10H19N3O2. The molecule has 0 aromatic carbocycles. The number of hydrogen-bond donors (Lipinski definition) is 1. The second-order valence-electron chi connectivity index (χ2n) is 3.06. The number of rotatable bonds is 8. The SMILES string of the molecule is CCNCC(=O)N(CCC#N)CCOC. The molecule has 0 saturated carbocycles. The Balaban J connectivity index is 3.97. The normalized spacial score (nSPS) is 9.67. The van der Waals surface area contributed by atoms with Gasteiger partial charge in [-0.15, -0.1) is 0 Å². The highest BCUT2D eigenvalue weighted by atomic mass is 16.5. The van der Waals surface area contributed by atoms with E-state index in [1.54, 1.807) is 12.0 Å². The Labute approximate surface area is 91.0 Å². The number of carbonyl (C=O) groups excluding carboxylic acids is 1. The number of nitrogens with zero attached hydrogens (tertiary/aromatic N) is 2. The maximum atomic E-state index is 11.6. The summed E-state index contributed by atoms with van der Waals surface area (Å²) in [5, 5.41) is 11.4. The average molecular weight is 213 g/mol. The topological polar surface area (TPSA) is 65.4 Å². The van der Waals surface area contributed by atoms with Crippen molar-refractivity contribution in [3.63, 3.8) is 0 Å². The van der Waals surface area contributed by atoms with Gasteiger partial charge in [0.25, 0.3) is 0 Å². The van der Waals surface area contributed by atoms with Gasteiger partial charge >= 0.3 is 0 Å². The highest BCUT2D eigenvalue weighted by Crippen LogP contribution is 1.92. The third-order valence-corrected chi connectivity index (χ3v) is 1.94. The molecule has 1 amide bonds. The number of nitriles is 1. The Bertz CT molecular complexity index is 213. The predicted octanol–water partition coefficient (Wildman–Crippen LogP) is -0.0154. The smallest absolute Gasteiger partial charge is 0.236 e. The van der Waals surface area contributed by atoms with Crippen molar-refractivity contribution < 1.29 is 9.53 Å². The summed E-state index contributed by atoms with van der Waals surface area (Å²) in [7, 11) is 1.59. The van der Waals surface area contributed by atoms with Crippen LogP contribution in [0.15, 0.2) is 0 Å². The molecule has 0 aliphatic rings. The molecule has 0 saturated heterocycles. The van der Waals surface area contributed by atoms with Gasteiger partial charge < -0.3 is 15.0 Å². The van der Waals surface area contributed by atoms with Crippen molar-refractivity contribution in [1.29, 1.82) is 5.26 Å². The van der Waals surface area contributed by atoms with Crippen molar-refractivity contribution in [3.8, 4) is 6.07 Å². The molecule has 0 bridgehead atoms. The molecule has 1 N–H and O–H groups in total. The summed E-state index contributed by atoms with van der Waals surface area (Å²) >= 11 is 0. The first-order valence-electron chi connectivity index (χ1n) is 5.10. The number of methoxy groups -OCH3 is 1. The van der Waals surface area contributed by atoms with Crippen molar-refractivity contribution in [3.05, 3.63) is 0 Å². The fourth-order valence-corrected chi connectivity index (χ4v) is 1.09. The van der Waals surface area contributed by atoms with Crippen LogP contribution in [0.25, 0.3) is 0 Å². The predicted molar refractivity (Wildman–Crippen MR) is 57.2 cm³/mol. The molecule has 5 nitrogen and oxygen atoms in total. The van der Waals surface area contributed by atoms with Gasteiger partial charge in [-0.05, 0) is 6.54 Å². The third-order valence-electron chi connectivity index (χ3n) is 1.94. The number of nitrogens with one attached hydrogen (secondary N) is 1. The van der Waals surface area contributed by atoms with Crippen LogP contribution in [0.1, 0.15) is 13.3 Å². The largest absolute Gasteiger partial charge is 0.383 e. The van der Waals surface area contributed by atoms with Gasteiger partial charge in [0.05, 0.1) is 25.6 Å². The fraction of sp³-hybridized carbons (Fsp3) is 0.800. The van der Waals surface area contributed by atoms with Crippen LogP contribution in [0, 0.1) is 11.3 Å². The second-order valence-corrected chi connectivity index (χ2v) is 3.06. The van der Waals surface area contributed by atoms with Crippen LogP contribution >= 0.6 is 0 Å². The molecule has 0 aliphatic carbocycles. The molecule has 0 aromatic heterocycles. The number of amides is 1. The molecule has 15 heavy (non-hydrogen) atoms. The first kappa shape index (κ1) is 13.9. The molecule has 0 aromatic rings. The van der Waals surface area contributed by atoms with E-state index in [4.69, 9.17) is 10.00 Å². The van der Waals surface area contributed by atoms with Crippen molar-refractivity contribution in [2.24, 2.45) is 0 Å². The van der Waals surface area contributed by atoms with Gasteiger partial charge in [0.15, 0.2) is 0 Å². The first-order valence-corrected chi connectivity index (χ1v) is 5.10. The van der Waals surface area contributed by atoms with Crippen molar-refractivity contribution in [1.82, 2.24) is 10.2 Å². The van der Waals surface area contributed by atoms with Gasteiger partial charge in [0.2, 0.25) is 5.91 Å². The van der Waals surface area contributed by atoms with E-state index in [0.29, 0.717) is 32.7 Å². The summed E-state index contributed by atoms with van der Waals surface area (Å²) in [6, 6.07) is 2.03. The standard InChI is InChI=1S/C10H19N3O2/c1-3-12-9-10(14)13(6-4-5-11)7-8-15-2/h12H,3-4,6-9H2,1-2H3. The van der Waals surface area contributed by atoms with Gasteiger partial charge in [-0.1, -0.05) is 6.92 Å². The molecule has 0 aliphatic heterocycles. The van der Waals surface area contributed by atoms with E-state index in [0.717, 1.165) is 6.54 Å². The minimum absolute atomic E-state index is 0.0177. The summed E-state index contributed by atoms with van der Waals surface area (Å²) in [4.78, 5) is 13.3. The summed E-state index contributed by atoms with van der Waals surface area (Å²) < 4.78 is 4.91. The van der Waals surface area contributed by atoms with E-state index in [1.807, 2.05) is 13.0 Å². The summed E-state index contributed by atoms with van der Waals surface area (Å²) in [5.41, 5.74) is 0. The maximum absolute atomic E-state index is 11.6. The monoisotopic (exact) mass is 213 g/mol. The molecular weight excluding hydrogens is 194 g/mol. The zero-order chi connectivity index (χ0) is 11.5. The number of likely N-dealkylation sites (N-methyl/N-ethyl adjacent to an activating group) is 1. The highest BCUT2D eigenvalue weighted by Gasteiger charge is 2.11. The van der Waals surface area contributed by atoms with E-state index in [2.05, 4.69) is 5.32 Å². The highest BCUT2D eigenvalue weighted by molar-refractivity contribution is 5.78. The molecule has 0 spiro atoms. The van der Waals surface area contributed by atoms with E-state index >= 15 is 0 Å². The van der Waals surface area contributed by atoms with Crippen LogP contribution in [0.4, 0.5) is 0 Å². The number of hydrogen-bond acceptors (Lipinski definition) is 4. The van der Waals surface area contributed by atoms with Crippen LogP contribution in [-0.2, 0) is 9.53 Å². The van der Waals surface area contributed by atoms with Gasteiger partial charge in [-0.2, -0.15) is 5.26 Å². The van der Waals surface area contributed by atoms with E-state index in [1.165, 1.54) is 0 Å². The summed E-state index contributed by atoms with van der Waals surface area (Å²) in [6.07, 6.45) is 0.363. The van der Waals surface area contributed by atoms with E-state index in [9.17, 15) is 4.79 Å². The molecule has 0 heterocycles. The maximum Gasteiger partial charge on any atom is 0.236 e. The first-order chi connectivity index (χ1) is 7.26. The lowest BCUT2D eigenvalue weighted by Gasteiger charge is -2.21. The lowest BCUT2D eigenvalue weighted by molar-refractivity contribution is -0.130. The van der Waals surface area contributed by atoms with Crippen LogP contribution in [0.3, 0.4) is 0 Å². The molecule has 5 heteroatoms. The average Bonchev–Trinajstić information content (AvgIpc) is 2.26. The zero-order valence-electron chi connectivity index (χ0n) is 9.45. The molecule has 0 atom stereocenters. The quantitative estimate of drug-likeness (QED) is 0.615. The molecule has 0 radical (unpaired) electrons. The van der Waals surface area contributed by atoms with E-state index < -0.39 is 0 Å². The Hall–Kier alpha value is -1.12. The summed E-state index contributed by atoms with van der Waals surface area (Å²) in [6.45, 7) is 4.56. The molecule has 0 rings (SSSR count). The molecule has 0 unspecified atom stereocenters. The number of carbonyl (C=O) groups is 1. The fourth-order valence-electron chi connectivity index (χ4n) is 1.09. The van der Waals surface area contributed by atoms with Crippen LogP contribution in [0.5, 0.6) is 0 Å². The van der Waals surface area contributed by atoms with Gasteiger partial charge in [0, 0.05) is 20.2 Å². The van der Waals surface area contributed by atoms with Crippen LogP contribution in [0.2, 0.25) is 0 Å². The Morgan fingerprint density at radius 2 is 2.27 bits per heavy atom. The van der Waals surface area contributed by atoms with Gasteiger partial charge in [-0.25, -0.2) is 0 Å². The Kier molecular flexibility index (Phi) is 8.73. The van der Waals surface area contributed by atoms with Gasteiger partial charge in [0.1, 0.15) is 0 Å². The Morgan fingerprint density at radius 1 is 1.53 bits per heavy atom. The minimum Gasteiger partial charge on any atom is -0.383 e. The van der Waals surface area contributed by atoms with Crippen LogP contribution < -0.4 is 5.32 Å². The molecule has 86 valence electrons. The summed E-state index contributed by atoms with van der Waals surface area (Å²) in [5.74, 6) is 0.0177. The number of ether oxygens (including phenoxy) is 1. The van der Waals surface area contributed by atoms with Gasteiger partial charge in [-0.3, -0.25) is 4.79 Å². The second kappa shape index (κ2) is 9.44. The lowest BCUT2D eigenvalue weighted by Crippen LogP contribution is -2.40.